The minimum atomic E-state index is -1.08. The summed E-state index contributed by atoms with van der Waals surface area (Å²) in [4.78, 5) is 1.72. The molecule has 0 amide bonds. The molecule has 0 bridgehead atoms. The summed E-state index contributed by atoms with van der Waals surface area (Å²) in [6.45, 7) is 0.763. The molecule has 2 aliphatic heterocycles. The highest BCUT2D eigenvalue weighted by molar-refractivity contribution is 5.05. The van der Waals surface area contributed by atoms with E-state index in [1.54, 1.807) is 17.1 Å². The highest BCUT2D eigenvalue weighted by Crippen LogP contribution is 2.13. The number of hydrogen-bond acceptors (Lipinski definition) is 6. The lowest BCUT2D eigenvalue weighted by Crippen LogP contribution is -2.55. The Morgan fingerprint density at radius 2 is 1.88 bits per heavy atom. The Kier molecular flexibility index (Phi) is 4.14. The fourth-order valence-electron chi connectivity index (χ4n) is 1.82. The normalized spacial score (nSPS) is 38.1. The molecule has 0 aromatic heterocycles. The van der Waals surface area contributed by atoms with Crippen molar-refractivity contribution in [2.75, 3.05) is 19.8 Å². The summed E-state index contributed by atoms with van der Waals surface area (Å²) in [6.07, 6.45) is 3.43. The Balaban J connectivity index is 1.76. The van der Waals surface area contributed by atoms with Gasteiger partial charge in [0.25, 0.3) is 0 Å². The van der Waals surface area contributed by atoms with Crippen LogP contribution in [-0.4, -0.2) is 64.6 Å². The number of nitrogens with zero attached hydrogens (tertiary/aromatic N) is 1. The maximum absolute atomic E-state index is 9.49. The smallest absolute Gasteiger partial charge is 0.220 e. The number of ether oxygens (including phenoxy) is 2. The molecular weight excluding hydrogens is 226 g/mol. The van der Waals surface area contributed by atoms with Gasteiger partial charge < -0.3 is 24.8 Å². The van der Waals surface area contributed by atoms with Gasteiger partial charge in [0.15, 0.2) is 0 Å². The molecule has 0 aromatic rings. The van der Waals surface area contributed by atoms with Crippen molar-refractivity contribution in [1.82, 2.24) is 4.90 Å². The Labute approximate surface area is 99.4 Å². The molecule has 0 radical (unpaired) electrons. The molecule has 2 aliphatic rings. The summed E-state index contributed by atoms with van der Waals surface area (Å²) >= 11 is 0. The lowest BCUT2D eigenvalue weighted by atomic mass is 10.0. The van der Waals surface area contributed by atoms with Gasteiger partial charge in [0.05, 0.1) is 18.5 Å². The minimum absolute atomic E-state index is 0.226. The van der Waals surface area contributed by atoms with E-state index in [0.717, 1.165) is 0 Å². The van der Waals surface area contributed by atoms with Gasteiger partial charge in [-0.15, -0.1) is 0 Å². The van der Waals surface area contributed by atoms with E-state index in [1.165, 1.54) is 6.26 Å². The standard InChI is InChI=1S/C11H17NO5/c13-8-5-12(6-9(14)11(8)15)7-17-10-3-1-2-4-16-10/h1-4,8-11,13-15H,5-7H2. The number of aliphatic hydroxyl groups is 3. The van der Waals surface area contributed by atoms with Gasteiger partial charge in [-0.3, -0.25) is 4.90 Å². The predicted octanol–water partition coefficient (Wildman–Crippen LogP) is -1.21. The third-order valence-corrected chi connectivity index (χ3v) is 2.77. The largest absolute Gasteiger partial charge is 0.469 e. The second kappa shape index (κ2) is 5.61. The molecule has 6 heteroatoms. The monoisotopic (exact) mass is 243 g/mol. The van der Waals surface area contributed by atoms with Gasteiger partial charge >= 0.3 is 0 Å². The van der Waals surface area contributed by atoms with Crippen LogP contribution in [0, 0.1) is 0 Å². The van der Waals surface area contributed by atoms with E-state index in [9.17, 15) is 15.3 Å². The first-order valence-electron chi connectivity index (χ1n) is 5.54. The van der Waals surface area contributed by atoms with Gasteiger partial charge in [0.2, 0.25) is 6.29 Å². The van der Waals surface area contributed by atoms with Crippen molar-refractivity contribution in [2.45, 2.75) is 24.6 Å². The number of hydrogen-bond donors (Lipinski definition) is 3. The number of rotatable bonds is 3. The third kappa shape index (κ3) is 3.27. The topological polar surface area (TPSA) is 82.4 Å². The van der Waals surface area contributed by atoms with E-state index < -0.39 is 24.6 Å². The highest BCUT2D eigenvalue weighted by atomic mass is 16.7. The van der Waals surface area contributed by atoms with E-state index in [2.05, 4.69) is 0 Å². The van der Waals surface area contributed by atoms with Gasteiger partial charge in [0, 0.05) is 13.1 Å². The molecule has 0 aliphatic carbocycles. The van der Waals surface area contributed by atoms with Crippen LogP contribution in [0.1, 0.15) is 0 Å². The van der Waals surface area contributed by atoms with Crippen molar-refractivity contribution in [3.63, 3.8) is 0 Å². The van der Waals surface area contributed by atoms with E-state index in [1.807, 2.05) is 6.08 Å². The highest BCUT2D eigenvalue weighted by Gasteiger charge is 2.33. The van der Waals surface area contributed by atoms with E-state index in [0.29, 0.717) is 0 Å². The molecule has 2 rings (SSSR count). The lowest BCUT2D eigenvalue weighted by Gasteiger charge is -2.36. The zero-order chi connectivity index (χ0) is 12.3. The van der Waals surface area contributed by atoms with Crippen LogP contribution in [0.25, 0.3) is 0 Å². The van der Waals surface area contributed by atoms with Crippen LogP contribution in [0.4, 0.5) is 0 Å². The van der Waals surface area contributed by atoms with Gasteiger partial charge in [-0.2, -0.15) is 0 Å². The number of aliphatic hydroxyl groups excluding tert-OH is 3. The van der Waals surface area contributed by atoms with Gasteiger partial charge in [-0.25, -0.2) is 0 Å². The van der Waals surface area contributed by atoms with Crippen molar-refractivity contribution < 1.29 is 24.8 Å². The molecule has 0 spiro atoms. The fraction of sp³-hybridized carbons (Fsp3) is 0.636. The van der Waals surface area contributed by atoms with Gasteiger partial charge in [0.1, 0.15) is 12.8 Å². The number of likely N-dealkylation sites (tertiary alicyclic amines) is 1. The Morgan fingerprint density at radius 1 is 1.18 bits per heavy atom. The number of piperidine rings is 1. The summed E-state index contributed by atoms with van der Waals surface area (Å²) in [7, 11) is 0. The van der Waals surface area contributed by atoms with E-state index in [4.69, 9.17) is 9.47 Å². The minimum Gasteiger partial charge on any atom is -0.469 e. The molecule has 1 fully saturated rings. The molecule has 96 valence electrons. The molecule has 0 saturated carbocycles. The van der Waals surface area contributed by atoms with Crippen LogP contribution < -0.4 is 0 Å². The summed E-state index contributed by atoms with van der Waals surface area (Å²) in [5.41, 5.74) is 0. The first kappa shape index (κ1) is 12.5. The SMILES string of the molecule is OC1CN(COC2C=CC=CO2)CC(O)C1O. The summed E-state index contributed by atoms with van der Waals surface area (Å²) in [5.74, 6) is 0. The van der Waals surface area contributed by atoms with Crippen LogP contribution in [0.15, 0.2) is 24.5 Å². The molecule has 6 nitrogen and oxygen atoms in total. The van der Waals surface area contributed by atoms with Gasteiger partial charge in [-0.1, -0.05) is 6.08 Å². The van der Waals surface area contributed by atoms with Crippen molar-refractivity contribution in [1.29, 1.82) is 0 Å². The fourth-order valence-corrected chi connectivity index (χ4v) is 1.82. The average molecular weight is 243 g/mol. The Hall–Kier alpha value is -0.920. The van der Waals surface area contributed by atoms with E-state index >= 15 is 0 Å². The van der Waals surface area contributed by atoms with Crippen LogP contribution in [0.5, 0.6) is 0 Å². The van der Waals surface area contributed by atoms with Crippen LogP contribution in [-0.2, 0) is 9.47 Å². The molecule has 0 aromatic carbocycles. The first-order valence-corrected chi connectivity index (χ1v) is 5.54. The summed E-state index contributed by atoms with van der Waals surface area (Å²) in [6, 6.07) is 0. The van der Waals surface area contributed by atoms with Crippen LogP contribution in [0.2, 0.25) is 0 Å². The summed E-state index contributed by atoms with van der Waals surface area (Å²) < 4.78 is 10.6. The summed E-state index contributed by atoms with van der Waals surface area (Å²) in [5, 5.41) is 28.4. The van der Waals surface area contributed by atoms with Gasteiger partial charge in [-0.05, 0) is 12.2 Å². The molecule has 3 unspecified atom stereocenters. The van der Waals surface area contributed by atoms with Crippen molar-refractivity contribution >= 4 is 0 Å². The second-order valence-corrected chi connectivity index (χ2v) is 4.17. The molecule has 2 heterocycles. The van der Waals surface area contributed by atoms with Crippen LogP contribution in [0.3, 0.4) is 0 Å². The first-order chi connectivity index (χ1) is 8.16. The quantitative estimate of drug-likeness (QED) is 0.576. The van der Waals surface area contributed by atoms with E-state index in [-0.39, 0.29) is 19.8 Å². The number of allylic oxidation sites excluding steroid dienone is 2. The molecular formula is C11H17NO5. The Morgan fingerprint density at radius 3 is 2.47 bits per heavy atom. The zero-order valence-corrected chi connectivity index (χ0v) is 9.35. The van der Waals surface area contributed by atoms with Crippen molar-refractivity contribution in [2.24, 2.45) is 0 Å². The zero-order valence-electron chi connectivity index (χ0n) is 9.35. The maximum Gasteiger partial charge on any atom is 0.220 e. The molecule has 1 saturated heterocycles. The van der Waals surface area contributed by atoms with Crippen molar-refractivity contribution in [3.8, 4) is 0 Å². The molecule has 17 heavy (non-hydrogen) atoms. The molecule has 3 atom stereocenters. The second-order valence-electron chi connectivity index (χ2n) is 4.17. The van der Waals surface area contributed by atoms with Crippen molar-refractivity contribution in [3.05, 3.63) is 24.5 Å². The Bertz CT molecular complexity index is 294. The predicted molar refractivity (Wildman–Crippen MR) is 58.7 cm³/mol. The molecule has 3 N–H and O–H groups in total. The lowest BCUT2D eigenvalue weighted by molar-refractivity contribution is -0.158. The average Bonchev–Trinajstić information content (AvgIpc) is 2.34. The number of β-amino-alcohol motifs (C(OH)–C–C–N with tert-alkyl or cyclic N) is 2. The maximum atomic E-state index is 9.49. The third-order valence-electron chi connectivity index (χ3n) is 2.77. The van der Waals surface area contributed by atoms with Crippen LogP contribution >= 0.6 is 0 Å².